The van der Waals surface area contributed by atoms with Gasteiger partial charge in [0.15, 0.2) is 0 Å². The molecule has 0 unspecified atom stereocenters. The minimum absolute atomic E-state index is 0.587. The second-order valence-electron chi connectivity index (χ2n) is 4.96. The Labute approximate surface area is 96.3 Å². The Morgan fingerprint density at radius 2 is 1.94 bits per heavy atom. The lowest BCUT2D eigenvalue weighted by Gasteiger charge is -2.19. The monoisotopic (exact) mass is 224 g/mol. The molecular formula is C12H20N2O2. The van der Waals surface area contributed by atoms with Crippen molar-refractivity contribution in [3.63, 3.8) is 0 Å². The molecule has 90 valence electrons. The Bertz CT molecular complexity index is 405. The summed E-state index contributed by atoms with van der Waals surface area (Å²) in [5, 5.41) is 13.4. The summed E-state index contributed by atoms with van der Waals surface area (Å²) < 4.78 is 1.90. The van der Waals surface area contributed by atoms with Crippen LogP contribution in [0.25, 0.3) is 0 Å². The van der Waals surface area contributed by atoms with E-state index in [0.717, 1.165) is 11.4 Å². The molecule has 0 saturated carbocycles. The van der Waals surface area contributed by atoms with Crippen molar-refractivity contribution in [2.75, 3.05) is 0 Å². The second-order valence-corrected chi connectivity index (χ2v) is 4.96. The van der Waals surface area contributed by atoms with Gasteiger partial charge in [0, 0.05) is 12.2 Å². The summed E-state index contributed by atoms with van der Waals surface area (Å²) >= 11 is 0. The van der Waals surface area contributed by atoms with Crippen LogP contribution in [0.15, 0.2) is 0 Å². The van der Waals surface area contributed by atoms with Crippen molar-refractivity contribution in [1.29, 1.82) is 0 Å². The standard InChI is InChI=1S/C12H20N2O2/c1-8-9(2)13-14(10(8)3)7-6-12(4,5)11(15)16/h6-7H2,1-5H3,(H,15,16). The summed E-state index contributed by atoms with van der Waals surface area (Å²) in [5.74, 6) is -0.759. The second kappa shape index (κ2) is 4.28. The van der Waals surface area contributed by atoms with Crippen molar-refractivity contribution >= 4 is 5.97 Å². The number of carbonyl (C=O) groups is 1. The fourth-order valence-corrected chi connectivity index (χ4v) is 1.50. The van der Waals surface area contributed by atoms with E-state index in [9.17, 15) is 4.79 Å². The number of carboxylic acid groups (broad SMARTS) is 1. The molecule has 0 atom stereocenters. The Morgan fingerprint density at radius 1 is 1.38 bits per heavy atom. The first-order valence-electron chi connectivity index (χ1n) is 5.49. The van der Waals surface area contributed by atoms with E-state index in [0.29, 0.717) is 13.0 Å². The Morgan fingerprint density at radius 3 is 2.31 bits per heavy atom. The molecule has 1 aromatic heterocycles. The molecule has 4 nitrogen and oxygen atoms in total. The molecule has 1 rings (SSSR count). The molecule has 1 N–H and O–H groups in total. The van der Waals surface area contributed by atoms with Crippen LogP contribution < -0.4 is 0 Å². The Hall–Kier alpha value is -1.32. The topological polar surface area (TPSA) is 55.1 Å². The summed E-state index contributed by atoms with van der Waals surface area (Å²) in [4.78, 5) is 11.0. The Balaban J connectivity index is 2.76. The van der Waals surface area contributed by atoms with Crippen molar-refractivity contribution in [1.82, 2.24) is 9.78 Å². The summed E-state index contributed by atoms with van der Waals surface area (Å²) in [6.45, 7) is 10.2. The maximum absolute atomic E-state index is 11.0. The van der Waals surface area contributed by atoms with Crippen LogP contribution in [0, 0.1) is 26.2 Å². The normalized spacial score (nSPS) is 11.8. The molecule has 0 radical (unpaired) electrons. The van der Waals surface area contributed by atoms with Gasteiger partial charge in [-0.1, -0.05) is 0 Å². The van der Waals surface area contributed by atoms with E-state index in [1.807, 2.05) is 25.5 Å². The lowest BCUT2D eigenvalue weighted by Crippen LogP contribution is -2.25. The first-order valence-corrected chi connectivity index (χ1v) is 5.49. The van der Waals surface area contributed by atoms with Crippen molar-refractivity contribution in [2.45, 2.75) is 47.6 Å². The van der Waals surface area contributed by atoms with Crippen LogP contribution in [-0.2, 0) is 11.3 Å². The smallest absolute Gasteiger partial charge is 0.309 e. The van der Waals surface area contributed by atoms with Crippen LogP contribution in [0.4, 0.5) is 0 Å². The van der Waals surface area contributed by atoms with E-state index in [4.69, 9.17) is 5.11 Å². The predicted molar refractivity (Wildman–Crippen MR) is 62.5 cm³/mol. The van der Waals surface area contributed by atoms with Gasteiger partial charge in [0.05, 0.1) is 11.1 Å². The maximum Gasteiger partial charge on any atom is 0.309 e. The molecule has 0 fully saturated rings. The van der Waals surface area contributed by atoms with Crippen LogP contribution in [-0.4, -0.2) is 20.9 Å². The molecule has 0 aromatic carbocycles. The van der Waals surface area contributed by atoms with E-state index in [-0.39, 0.29) is 0 Å². The molecule has 1 aromatic rings. The number of rotatable bonds is 4. The summed E-state index contributed by atoms with van der Waals surface area (Å²) in [5.41, 5.74) is 2.64. The maximum atomic E-state index is 11.0. The molecule has 0 spiro atoms. The van der Waals surface area contributed by atoms with Gasteiger partial charge in [-0.25, -0.2) is 0 Å². The number of nitrogens with zero attached hydrogens (tertiary/aromatic N) is 2. The van der Waals surface area contributed by atoms with E-state index < -0.39 is 11.4 Å². The van der Waals surface area contributed by atoms with Crippen LogP contribution in [0.1, 0.15) is 37.2 Å². The first-order chi connectivity index (χ1) is 7.25. The first kappa shape index (κ1) is 12.7. The van der Waals surface area contributed by atoms with Gasteiger partial charge >= 0.3 is 5.97 Å². The van der Waals surface area contributed by atoms with Gasteiger partial charge in [0.2, 0.25) is 0 Å². The highest BCUT2D eigenvalue weighted by Crippen LogP contribution is 2.22. The highest BCUT2D eigenvalue weighted by molar-refractivity contribution is 5.73. The average molecular weight is 224 g/mol. The van der Waals surface area contributed by atoms with E-state index in [1.54, 1.807) is 13.8 Å². The van der Waals surface area contributed by atoms with Crippen molar-refractivity contribution < 1.29 is 9.90 Å². The SMILES string of the molecule is Cc1nn(CCC(C)(C)C(=O)O)c(C)c1C. The third-order valence-electron chi connectivity index (χ3n) is 3.27. The highest BCUT2D eigenvalue weighted by atomic mass is 16.4. The summed E-state index contributed by atoms with van der Waals surface area (Å²) in [6, 6.07) is 0. The van der Waals surface area contributed by atoms with Gasteiger partial charge in [0.1, 0.15) is 0 Å². The zero-order valence-corrected chi connectivity index (χ0v) is 10.7. The largest absolute Gasteiger partial charge is 0.481 e. The lowest BCUT2D eigenvalue weighted by atomic mass is 9.90. The van der Waals surface area contributed by atoms with Crippen LogP contribution >= 0.6 is 0 Å². The molecule has 0 aliphatic rings. The van der Waals surface area contributed by atoms with E-state index in [1.165, 1.54) is 5.56 Å². The van der Waals surface area contributed by atoms with Gasteiger partial charge in [-0.3, -0.25) is 9.48 Å². The quantitative estimate of drug-likeness (QED) is 0.853. The fourth-order valence-electron chi connectivity index (χ4n) is 1.50. The zero-order valence-electron chi connectivity index (χ0n) is 10.7. The molecular weight excluding hydrogens is 204 g/mol. The molecule has 0 saturated heterocycles. The molecule has 0 amide bonds. The molecule has 0 aliphatic carbocycles. The predicted octanol–water partition coefficient (Wildman–Crippen LogP) is 2.31. The minimum Gasteiger partial charge on any atom is -0.481 e. The van der Waals surface area contributed by atoms with Gasteiger partial charge in [0.25, 0.3) is 0 Å². The van der Waals surface area contributed by atoms with E-state index >= 15 is 0 Å². The lowest BCUT2D eigenvalue weighted by molar-refractivity contribution is -0.147. The molecule has 4 heteroatoms. The highest BCUT2D eigenvalue weighted by Gasteiger charge is 2.27. The molecule has 0 bridgehead atoms. The van der Waals surface area contributed by atoms with Crippen LogP contribution in [0.2, 0.25) is 0 Å². The van der Waals surface area contributed by atoms with Gasteiger partial charge in [-0.2, -0.15) is 5.10 Å². The van der Waals surface area contributed by atoms with Crippen LogP contribution in [0.3, 0.4) is 0 Å². The number of aryl methyl sites for hydroxylation is 2. The molecule has 16 heavy (non-hydrogen) atoms. The molecule has 1 heterocycles. The summed E-state index contributed by atoms with van der Waals surface area (Å²) in [7, 11) is 0. The van der Waals surface area contributed by atoms with E-state index in [2.05, 4.69) is 5.10 Å². The Kier molecular flexibility index (Phi) is 3.41. The number of hydrogen-bond acceptors (Lipinski definition) is 2. The summed E-state index contributed by atoms with van der Waals surface area (Å²) in [6.07, 6.45) is 0.587. The van der Waals surface area contributed by atoms with Gasteiger partial charge < -0.3 is 5.11 Å². The zero-order chi connectivity index (χ0) is 12.5. The fraction of sp³-hybridized carbons (Fsp3) is 0.667. The average Bonchev–Trinajstić information content (AvgIpc) is 2.43. The number of hydrogen-bond donors (Lipinski definition) is 1. The van der Waals surface area contributed by atoms with Gasteiger partial charge in [-0.15, -0.1) is 0 Å². The third kappa shape index (κ3) is 2.43. The van der Waals surface area contributed by atoms with Gasteiger partial charge in [-0.05, 0) is 46.6 Å². The van der Waals surface area contributed by atoms with Crippen molar-refractivity contribution in [3.8, 4) is 0 Å². The number of aliphatic carboxylic acids is 1. The minimum atomic E-state index is -0.759. The van der Waals surface area contributed by atoms with Crippen molar-refractivity contribution in [3.05, 3.63) is 17.0 Å². The number of aromatic nitrogens is 2. The van der Waals surface area contributed by atoms with Crippen LogP contribution in [0.5, 0.6) is 0 Å². The molecule has 0 aliphatic heterocycles. The van der Waals surface area contributed by atoms with Crippen molar-refractivity contribution in [2.24, 2.45) is 5.41 Å². The number of carboxylic acids is 1. The third-order valence-corrected chi connectivity index (χ3v) is 3.27.